The molecule has 0 aliphatic carbocycles. The van der Waals surface area contributed by atoms with E-state index < -0.39 is 11.7 Å². The van der Waals surface area contributed by atoms with Gasteiger partial charge in [0.2, 0.25) is 0 Å². The first-order chi connectivity index (χ1) is 8.43. The van der Waals surface area contributed by atoms with Gasteiger partial charge in [0, 0.05) is 12.6 Å². The second-order valence-electron chi connectivity index (χ2n) is 3.92. The zero-order valence-electron chi connectivity index (χ0n) is 10.00. The van der Waals surface area contributed by atoms with Crippen LogP contribution < -0.4 is 10.1 Å². The number of alkyl halides is 3. The third kappa shape index (κ3) is 4.93. The van der Waals surface area contributed by atoms with Crippen LogP contribution in [0.2, 0.25) is 0 Å². The van der Waals surface area contributed by atoms with Gasteiger partial charge in [-0.2, -0.15) is 13.2 Å². The van der Waals surface area contributed by atoms with Crippen molar-refractivity contribution in [2.45, 2.75) is 19.1 Å². The monoisotopic (exact) mass is 263 g/mol. The molecule has 0 heterocycles. The van der Waals surface area contributed by atoms with E-state index in [-0.39, 0.29) is 25.0 Å². The number of hydrogen-bond acceptors (Lipinski definition) is 3. The van der Waals surface area contributed by atoms with Gasteiger partial charge in [-0.25, -0.2) is 0 Å². The standard InChI is InChI=1S/C12H16F3NO2/c1-9(16-5-6-17)8-18-11-4-2-3-10(7-11)12(13,14)15/h2-4,7,9,16-17H,5-6,8H2,1H3. The molecule has 1 atom stereocenters. The van der Waals surface area contributed by atoms with Crippen molar-refractivity contribution in [1.29, 1.82) is 0 Å². The lowest BCUT2D eigenvalue weighted by molar-refractivity contribution is -0.137. The van der Waals surface area contributed by atoms with Crippen molar-refractivity contribution < 1.29 is 23.0 Å². The third-order valence-electron chi connectivity index (χ3n) is 2.27. The zero-order chi connectivity index (χ0) is 13.6. The lowest BCUT2D eigenvalue weighted by atomic mass is 10.2. The molecule has 0 amide bonds. The van der Waals surface area contributed by atoms with Crippen LogP contribution in [-0.2, 0) is 6.18 Å². The summed E-state index contributed by atoms with van der Waals surface area (Å²) in [5, 5.41) is 11.5. The molecule has 0 spiro atoms. The van der Waals surface area contributed by atoms with Crippen LogP contribution in [0.3, 0.4) is 0 Å². The molecule has 0 saturated heterocycles. The first-order valence-corrected chi connectivity index (χ1v) is 5.58. The van der Waals surface area contributed by atoms with Crippen LogP contribution in [0.25, 0.3) is 0 Å². The van der Waals surface area contributed by atoms with Gasteiger partial charge in [0.15, 0.2) is 0 Å². The molecule has 102 valence electrons. The minimum absolute atomic E-state index is 0.00784. The number of aliphatic hydroxyl groups excluding tert-OH is 1. The van der Waals surface area contributed by atoms with Crippen LogP contribution in [-0.4, -0.2) is 30.9 Å². The summed E-state index contributed by atoms with van der Waals surface area (Å²) >= 11 is 0. The molecule has 0 aliphatic rings. The Labute approximate surface area is 104 Å². The minimum Gasteiger partial charge on any atom is -0.492 e. The van der Waals surface area contributed by atoms with Crippen molar-refractivity contribution in [3.8, 4) is 5.75 Å². The average molecular weight is 263 g/mol. The maximum absolute atomic E-state index is 12.4. The number of halogens is 3. The highest BCUT2D eigenvalue weighted by atomic mass is 19.4. The predicted octanol–water partition coefficient (Wildman–Crippen LogP) is 2.05. The lowest BCUT2D eigenvalue weighted by Crippen LogP contribution is -2.33. The summed E-state index contributed by atoms with van der Waals surface area (Å²) in [6.45, 7) is 2.49. The number of aliphatic hydroxyl groups is 1. The number of ether oxygens (including phenoxy) is 1. The summed E-state index contributed by atoms with van der Waals surface area (Å²) in [6, 6.07) is 4.71. The molecule has 0 radical (unpaired) electrons. The van der Waals surface area contributed by atoms with Gasteiger partial charge in [-0.15, -0.1) is 0 Å². The Morgan fingerprint density at radius 2 is 2.11 bits per heavy atom. The van der Waals surface area contributed by atoms with Crippen LogP contribution in [0.4, 0.5) is 13.2 Å². The number of nitrogens with one attached hydrogen (secondary N) is 1. The molecule has 3 nitrogen and oxygen atoms in total. The van der Waals surface area contributed by atoms with Crippen LogP contribution >= 0.6 is 0 Å². The molecular formula is C12H16F3NO2. The van der Waals surface area contributed by atoms with Crippen LogP contribution in [0.1, 0.15) is 12.5 Å². The normalized spacial score (nSPS) is 13.4. The lowest BCUT2D eigenvalue weighted by Gasteiger charge is -2.15. The van der Waals surface area contributed by atoms with Gasteiger partial charge in [-0.05, 0) is 25.1 Å². The van der Waals surface area contributed by atoms with Crippen molar-refractivity contribution in [2.24, 2.45) is 0 Å². The molecular weight excluding hydrogens is 247 g/mol. The van der Waals surface area contributed by atoms with Gasteiger partial charge in [0.1, 0.15) is 12.4 Å². The zero-order valence-corrected chi connectivity index (χ0v) is 10.00. The topological polar surface area (TPSA) is 41.5 Å². The Hall–Kier alpha value is -1.27. The molecule has 0 fully saturated rings. The van der Waals surface area contributed by atoms with E-state index >= 15 is 0 Å². The van der Waals surface area contributed by atoms with E-state index in [1.807, 2.05) is 6.92 Å². The van der Waals surface area contributed by atoms with E-state index in [9.17, 15) is 13.2 Å². The number of hydrogen-bond donors (Lipinski definition) is 2. The maximum Gasteiger partial charge on any atom is 0.416 e. The Bertz CT molecular complexity index is 369. The van der Waals surface area contributed by atoms with Gasteiger partial charge in [-0.3, -0.25) is 0 Å². The Balaban J connectivity index is 2.52. The molecule has 0 aromatic heterocycles. The fourth-order valence-corrected chi connectivity index (χ4v) is 1.35. The summed E-state index contributed by atoms with van der Waals surface area (Å²) < 4.78 is 42.6. The highest BCUT2D eigenvalue weighted by Crippen LogP contribution is 2.31. The molecule has 18 heavy (non-hydrogen) atoms. The molecule has 1 rings (SSSR count). The van der Waals surface area contributed by atoms with Crippen molar-refractivity contribution in [2.75, 3.05) is 19.8 Å². The fraction of sp³-hybridized carbons (Fsp3) is 0.500. The summed E-state index contributed by atoms with van der Waals surface area (Å²) in [7, 11) is 0. The van der Waals surface area contributed by atoms with E-state index in [4.69, 9.17) is 9.84 Å². The molecule has 0 saturated carbocycles. The fourth-order valence-electron chi connectivity index (χ4n) is 1.35. The molecule has 2 N–H and O–H groups in total. The highest BCUT2D eigenvalue weighted by molar-refractivity contribution is 5.30. The van der Waals surface area contributed by atoms with E-state index in [1.54, 1.807) is 0 Å². The highest BCUT2D eigenvalue weighted by Gasteiger charge is 2.30. The molecule has 0 bridgehead atoms. The Morgan fingerprint density at radius 3 is 2.72 bits per heavy atom. The van der Waals surface area contributed by atoms with Crippen molar-refractivity contribution in [3.05, 3.63) is 29.8 Å². The predicted molar refractivity (Wildman–Crippen MR) is 61.5 cm³/mol. The summed E-state index contributed by atoms with van der Waals surface area (Å²) in [6.07, 6.45) is -4.36. The van der Waals surface area contributed by atoms with Gasteiger partial charge < -0.3 is 15.2 Å². The van der Waals surface area contributed by atoms with E-state index in [1.165, 1.54) is 12.1 Å². The van der Waals surface area contributed by atoms with Gasteiger partial charge >= 0.3 is 6.18 Å². The van der Waals surface area contributed by atoms with Crippen molar-refractivity contribution >= 4 is 0 Å². The molecule has 1 aromatic carbocycles. The van der Waals surface area contributed by atoms with Crippen LogP contribution in [0, 0.1) is 0 Å². The molecule has 6 heteroatoms. The van der Waals surface area contributed by atoms with Crippen molar-refractivity contribution in [3.63, 3.8) is 0 Å². The summed E-state index contributed by atoms with van der Waals surface area (Å²) in [5.41, 5.74) is -0.726. The Morgan fingerprint density at radius 1 is 1.39 bits per heavy atom. The van der Waals surface area contributed by atoms with E-state index in [0.29, 0.717) is 6.54 Å². The van der Waals surface area contributed by atoms with Gasteiger partial charge in [0.05, 0.1) is 12.2 Å². The second-order valence-corrected chi connectivity index (χ2v) is 3.92. The molecule has 1 unspecified atom stereocenters. The summed E-state index contributed by atoms with van der Waals surface area (Å²) in [4.78, 5) is 0. The average Bonchev–Trinajstić information content (AvgIpc) is 2.33. The Kier molecular flexibility index (Phi) is 5.43. The van der Waals surface area contributed by atoms with Crippen LogP contribution in [0.5, 0.6) is 5.75 Å². The number of benzene rings is 1. The third-order valence-corrected chi connectivity index (χ3v) is 2.27. The smallest absolute Gasteiger partial charge is 0.416 e. The largest absolute Gasteiger partial charge is 0.492 e. The molecule has 1 aromatic rings. The van der Waals surface area contributed by atoms with E-state index in [0.717, 1.165) is 12.1 Å². The summed E-state index contributed by atoms with van der Waals surface area (Å²) in [5.74, 6) is 0.183. The van der Waals surface area contributed by atoms with Gasteiger partial charge in [-0.1, -0.05) is 6.07 Å². The van der Waals surface area contributed by atoms with Crippen molar-refractivity contribution in [1.82, 2.24) is 5.32 Å². The quantitative estimate of drug-likeness (QED) is 0.825. The maximum atomic E-state index is 12.4. The number of rotatable bonds is 6. The second kappa shape index (κ2) is 6.61. The van der Waals surface area contributed by atoms with E-state index in [2.05, 4.69) is 5.32 Å². The first-order valence-electron chi connectivity index (χ1n) is 5.58. The first kappa shape index (κ1) is 14.8. The van der Waals surface area contributed by atoms with Gasteiger partial charge in [0.25, 0.3) is 0 Å². The SMILES string of the molecule is CC(COc1cccc(C(F)(F)F)c1)NCCO. The minimum atomic E-state index is -4.36. The van der Waals surface area contributed by atoms with Crippen LogP contribution in [0.15, 0.2) is 24.3 Å². The molecule has 0 aliphatic heterocycles.